The van der Waals surface area contributed by atoms with Crippen molar-refractivity contribution in [1.29, 1.82) is 0 Å². The molecule has 0 aromatic heterocycles. The van der Waals surface area contributed by atoms with Crippen LogP contribution in [0.1, 0.15) is 12.0 Å². The summed E-state index contributed by atoms with van der Waals surface area (Å²) in [6.07, 6.45) is -4.31. The van der Waals surface area contributed by atoms with Gasteiger partial charge in [0.15, 0.2) is 0 Å². The van der Waals surface area contributed by atoms with Gasteiger partial charge in [-0.25, -0.2) is 0 Å². The van der Waals surface area contributed by atoms with E-state index in [-0.39, 0.29) is 25.4 Å². The van der Waals surface area contributed by atoms with Crippen molar-refractivity contribution in [3.63, 3.8) is 0 Å². The lowest BCUT2D eigenvalue weighted by molar-refractivity contribution is -0.182. The molecular weight excluding hydrogens is 285 g/mol. The summed E-state index contributed by atoms with van der Waals surface area (Å²) in [6.45, 7) is -0.212. The van der Waals surface area contributed by atoms with E-state index < -0.39 is 18.8 Å². The van der Waals surface area contributed by atoms with Crippen molar-refractivity contribution in [3.05, 3.63) is 29.8 Å². The molecule has 1 unspecified atom stereocenters. The summed E-state index contributed by atoms with van der Waals surface area (Å²) in [5.74, 6) is 0.248. The second kappa shape index (κ2) is 6.34. The first-order chi connectivity index (χ1) is 9.90. The van der Waals surface area contributed by atoms with Crippen LogP contribution in [-0.4, -0.2) is 43.2 Å². The Morgan fingerprint density at radius 3 is 2.86 bits per heavy atom. The molecule has 116 valence electrons. The van der Waals surface area contributed by atoms with Crippen LogP contribution in [0, 0.1) is 0 Å². The predicted octanol–water partition coefficient (Wildman–Crippen LogP) is 1.95. The zero-order chi connectivity index (χ0) is 15.5. The average Bonchev–Trinajstić information content (AvgIpc) is 2.61. The van der Waals surface area contributed by atoms with Gasteiger partial charge in [0.2, 0.25) is 5.91 Å². The first-order valence-electron chi connectivity index (χ1n) is 6.60. The highest BCUT2D eigenvalue weighted by molar-refractivity contribution is 5.76. The number of benzene rings is 1. The van der Waals surface area contributed by atoms with Crippen molar-refractivity contribution < 1.29 is 22.7 Å². The number of rotatable bonds is 3. The van der Waals surface area contributed by atoms with Crippen LogP contribution >= 0.6 is 0 Å². The standard InChI is InChI=1S/C14H17F3N2O2/c1-21-11-4-2-3-10(7-11)9-19-6-5-13(20)18-8-12(19)14(15,16)17/h2-4,7,12H,5-6,8-9H2,1H3,(H,18,20). The second-order valence-corrected chi connectivity index (χ2v) is 4.93. The summed E-state index contributed by atoms with van der Waals surface area (Å²) < 4.78 is 44.5. The van der Waals surface area contributed by atoms with Crippen LogP contribution in [0.15, 0.2) is 24.3 Å². The van der Waals surface area contributed by atoms with Gasteiger partial charge >= 0.3 is 6.18 Å². The van der Waals surface area contributed by atoms with Gasteiger partial charge in [-0.1, -0.05) is 12.1 Å². The van der Waals surface area contributed by atoms with E-state index >= 15 is 0 Å². The van der Waals surface area contributed by atoms with Crippen LogP contribution in [0.2, 0.25) is 0 Å². The Kier molecular flexibility index (Phi) is 4.72. The quantitative estimate of drug-likeness (QED) is 0.928. The van der Waals surface area contributed by atoms with E-state index in [9.17, 15) is 18.0 Å². The van der Waals surface area contributed by atoms with E-state index in [4.69, 9.17) is 4.74 Å². The molecule has 4 nitrogen and oxygen atoms in total. The first kappa shape index (κ1) is 15.6. The lowest BCUT2D eigenvalue weighted by Gasteiger charge is -2.30. The van der Waals surface area contributed by atoms with E-state index in [1.165, 1.54) is 12.0 Å². The van der Waals surface area contributed by atoms with Crippen LogP contribution in [0.3, 0.4) is 0 Å². The van der Waals surface area contributed by atoms with Gasteiger partial charge in [-0.15, -0.1) is 0 Å². The second-order valence-electron chi connectivity index (χ2n) is 4.93. The molecule has 0 spiro atoms. The minimum Gasteiger partial charge on any atom is -0.497 e. The number of hydrogen-bond acceptors (Lipinski definition) is 3. The molecule has 0 aliphatic carbocycles. The maximum absolute atomic E-state index is 13.1. The molecule has 2 rings (SSSR count). The zero-order valence-corrected chi connectivity index (χ0v) is 11.6. The fourth-order valence-corrected chi connectivity index (χ4v) is 2.35. The van der Waals surface area contributed by atoms with Crippen LogP contribution in [0.25, 0.3) is 0 Å². The third-order valence-electron chi connectivity index (χ3n) is 3.46. The summed E-state index contributed by atoms with van der Waals surface area (Å²) in [4.78, 5) is 12.6. The normalized spacial score (nSPS) is 20.8. The fourth-order valence-electron chi connectivity index (χ4n) is 2.35. The molecule has 0 saturated carbocycles. The summed E-state index contributed by atoms with van der Waals surface area (Å²) in [7, 11) is 1.51. The lowest BCUT2D eigenvalue weighted by atomic mass is 10.1. The van der Waals surface area contributed by atoms with Gasteiger partial charge in [0.1, 0.15) is 11.8 Å². The Labute approximate surface area is 120 Å². The summed E-state index contributed by atoms with van der Waals surface area (Å²) in [5, 5.41) is 2.31. The number of halogens is 3. The molecule has 1 saturated heterocycles. The molecule has 0 radical (unpaired) electrons. The van der Waals surface area contributed by atoms with Crippen LogP contribution in [0.4, 0.5) is 13.2 Å². The third kappa shape index (κ3) is 4.10. The number of carbonyl (C=O) groups excluding carboxylic acids is 1. The highest BCUT2D eigenvalue weighted by atomic mass is 19.4. The maximum Gasteiger partial charge on any atom is 0.405 e. The van der Waals surface area contributed by atoms with Crippen molar-refractivity contribution in [2.75, 3.05) is 20.2 Å². The maximum atomic E-state index is 13.1. The molecule has 7 heteroatoms. The Morgan fingerprint density at radius 2 is 2.19 bits per heavy atom. The van der Waals surface area contributed by atoms with E-state index in [0.29, 0.717) is 5.75 Å². The molecule has 1 aliphatic rings. The lowest BCUT2D eigenvalue weighted by Crippen LogP contribution is -2.49. The van der Waals surface area contributed by atoms with Crippen LogP contribution in [-0.2, 0) is 11.3 Å². The number of alkyl halides is 3. The van der Waals surface area contributed by atoms with Crippen molar-refractivity contribution >= 4 is 5.91 Å². The number of ether oxygens (including phenoxy) is 1. The summed E-state index contributed by atoms with van der Waals surface area (Å²) >= 11 is 0. The summed E-state index contributed by atoms with van der Waals surface area (Å²) in [6, 6.07) is 5.25. The molecular formula is C14H17F3N2O2. The number of amides is 1. The van der Waals surface area contributed by atoms with Gasteiger partial charge in [-0.05, 0) is 17.7 Å². The van der Waals surface area contributed by atoms with E-state index in [0.717, 1.165) is 5.56 Å². The van der Waals surface area contributed by atoms with Gasteiger partial charge in [-0.3, -0.25) is 9.69 Å². The minimum absolute atomic E-state index is 0.0660. The first-order valence-corrected chi connectivity index (χ1v) is 6.60. The molecule has 1 N–H and O–H groups in total. The molecule has 1 aliphatic heterocycles. The van der Waals surface area contributed by atoms with Gasteiger partial charge in [-0.2, -0.15) is 13.2 Å². The van der Waals surface area contributed by atoms with Gasteiger partial charge in [0, 0.05) is 26.1 Å². The average molecular weight is 302 g/mol. The predicted molar refractivity (Wildman–Crippen MR) is 70.9 cm³/mol. The Bertz CT molecular complexity index is 505. The molecule has 1 aromatic carbocycles. The van der Waals surface area contributed by atoms with Crippen molar-refractivity contribution in [2.24, 2.45) is 0 Å². The largest absolute Gasteiger partial charge is 0.497 e. The molecule has 1 heterocycles. The Hall–Kier alpha value is -1.76. The highest BCUT2D eigenvalue weighted by Gasteiger charge is 2.44. The van der Waals surface area contributed by atoms with E-state index in [1.807, 2.05) is 0 Å². The van der Waals surface area contributed by atoms with Gasteiger partial charge < -0.3 is 10.1 Å². The highest BCUT2D eigenvalue weighted by Crippen LogP contribution is 2.27. The number of nitrogens with zero attached hydrogens (tertiary/aromatic N) is 1. The van der Waals surface area contributed by atoms with Gasteiger partial charge in [0.05, 0.1) is 7.11 Å². The molecule has 1 fully saturated rings. The third-order valence-corrected chi connectivity index (χ3v) is 3.46. The molecule has 1 atom stereocenters. The number of methoxy groups -OCH3 is 1. The molecule has 1 amide bonds. The molecule has 1 aromatic rings. The van der Waals surface area contributed by atoms with Crippen molar-refractivity contribution in [1.82, 2.24) is 10.2 Å². The molecule has 0 bridgehead atoms. The number of nitrogens with one attached hydrogen (secondary N) is 1. The zero-order valence-electron chi connectivity index (χ0n) is 11.6. The van der Waals surface area contributed by atoms with Crippen molar-refractivity contribution in [2.45, 2.75) is 25.2 Å². The smallest absolute Gasteiger partial charge is 0.405 e. The Morgan fingerprint density at radius 1 is 1.43 bits per heavy atom. The van der Waals surface area contributed by atoms with Crippen LogP contribution < -0.4 is 10.1 Å². The molecule has 21 heavy (non-hydrogen) atoms. The van der Waals surface area contributed by atoms with E-state index in [2.05, 4.69) is 5.32 Å². The number of hydrogen-bond donors (Lipinski definition) is 1. The minimum atomic E-state index is -4.38. The van der Waals surface area contributed by atoms with E-state index in [1.54, 1.807) is 24.3 Å². The Balaban J connectivity index is 2.18. The fraction of sp³-hybridized carbons (Fsp3) is 0.500. The SMILES string of the molecule is COc1cccc(CN2CCC(=O)NCC2C(F)(F)F)c1. The van der Waals surface area contributed by atoms with Gasteiger partial charge in [0.25, 0.3) is 0 Å². The monoisotopic (exact) mass is 302 g/mol. The van der Waals surface area contributed by atoms with Crippen LogP contribution in [0.5, 0.6) is 5.75 Å². The summed E-state index contributed by atoms with van der Waals surface area (Å²) in [5.41, 5.74) is 0.720. The van der Waals surface area contributed by atoms with Crippen molar-refractivity contribution in [3.8, 4) is 5.75 Å². The topological polar surface area (TPSA) is 41.6 Å². The number of carbonyl (C=O) groups is 1.